The van der Waals surface area contributed by atoms with Gasteiger partial charge in [-0.3, -0.25) is 4.79 Å². The molecule has 0 saturated heterocycles. The molecule has 1 aliphatic rings. The molecule has 94 valence electrons. The quantitative estimate of drug-likeness (QED) is 0.653. The van der Waals surface area contributed by atoms with Crippen molar-refractivity contribution in [3.05, 3.63) is 0 Å². The van der Waals surface area contributed by atoms with Crippen molar-refractivity contribution in [2.75, 3.05) is 13.1 Å². The Morgan fingerprint density at radius 1 is 1.31 bits per heavy atom. The van der Waals surface area contributed by atoms with Crippen LogP contribution in [0.4, 0.5) is 0 Å². The summed E-state index contributed by atoms with van der Waals surface area (Å²) in [6, 6.07) is 0.585. The van der Waals surface area contributed by atoms with Crippen LogP contribution in [-0.4, -0.2) is 25.0 Å². The van der Waals surface area contributed by atoms with Crippen molar-refractivity contribution < 1.29 is 4.79 Å². The van der Waals surface area contributed by atoms with E-state index in [1.54, 1.807) is 0 Å². The number of rotatable bonds is 7. The lowest BCUT2D eigenvalue weighted by molar-refractivity contribution is -0.120. The summed E-state index contributed by atoms with van der Waals surface area (Å²) in [5.41, 5.74) is 0. The Labute approximate surface area is 99.4 Å². The van der Waals surface area contributed by atoms with Gasteiger partial charge in [-0.15, -0.1) is 0 Å². The van der Waals surface area contributed by atoms with Crippen molar-refractivity contribution >= 4 is 5.91 Å². The Morgan fingerprint density at radius 2 is 2.00 bits per heavy atom. The number of nitrogens with one attached hydrogen (secondary N) is 2. The molecular weight excluding hydrogens is 200 g/mol. The van der Waals surface area contributed by atoms with E-state index in [0.29, 0.717) is 12.6 Å². The van der Waals surface area contributed by atoms with E-state index in [1.807, 2.05) is 0 Å². The molecule has 3 nitrogen and oxygen atoms in total. The average Bonchev–Trinajstić information content (AvgIpc) is 2.74. The first-order valence-corrected chi connectivity index (χ1v) is 6.68. The first-order chi connectivity index (χ1) is 7.68. The SMILES string of the molecule is CC(C)CCCNC(=O)CNC1CCCC1. The predicted molar refractivity (Wildman–Crippen MR) is 67.3 cm³/mol. The van der Waals surface area contributed by atoms with Crippen LogP contribution in [0, 0.1) is 5.92 Å². The van der Waals surface area contributed by atoms with Gasteiger partial charge in [0.15, 0.2) is 0 Å². The van der Waals surface area contributed by atoms with Gasteiger partial charge in [0.05, 0.1) is 6.54 Å². The van der Waals surface area contributed by atoms with Gasteiger partial charge in [0.2, 0.25) is 5.91 Å². The zero-order valence-electron chi connectivity index (χ0n) is 10.7. The van der Waals surface area contributed by atoms with Crippen LogP contribution in [0.5, 0.6) is 0 Å². The normalized spacial score (nSPS) is 16.9. The molecule has 3 heteroatoms. The zero-order chi connectivity index (χ0) is 11.8. The smallest absolute Gasteiger partial charge is 0.233 e. The van der Waals surface area contributed by atoms with Crippen LogP contribution in [0.3, 0.4) is 0 Å². The molecule has 0 aliphatic heterocycles. The van der Waals surface area contributed by atoms with Crippen molar-refractivity contribution in [3.63, 3.8) is 0 Å². The summed E-state index contributed by atoms with van der Waals surface area (Å²) in [5, 5.41) is 6.28. The molecule has 16 heavy (non-hydrogen) atoms. The summed E-state index contributed by atoms with van der Waals surface area (Å²) in [6.07, 6.45) is 7.38. The molecule has 1 aliphatic carbocycles. The molecule has 0 heterocycles. The van der Waals surface area contributed by atoms with Crippen molar-refractivity contribution in [1.82, 2.24) is 10.6 Å². The van der Waals surface area contributed by atoms with Gasteiger partial charge in [-0.25, -0.2) is 0 Å². The summed E-state index contributed by atoms with van der Waals surface area (Å²) in [6.45, 7) is 5.74. The average molecular weight is 226 g/mol. The van der Waals surface area contributed by atoms with Gasteiger partial charge in [-0.2, -0.15) is 0 Å². The molecule has 1 amide bonds. The van der Waals surface area contributed by atoms with E-state index in [4.69, 9.17) is 0 Å². The van der Waals surface area contributed by atoms with E-state index in [2.05, 4.69) is 24.5 Å². The lowest BCUT2D eigenvalue weighted by atomic mass is 10.1. The van der Waals surface area contributed by atoms with E-state index in [0.717, 1.165) is 18.9 Å². The molecule has 0 bridgehead atoms. The molecule has 0 atom stereocenters. The summed E-state index contributed by atoms with van der Waals surface area (Å²) in [4.78, 5) is 11.5. The van der Waals surface area contributed by atoms with Gasteiger partial charge in [0.25, 0.3) is 0 Å². The minimum atomic E-state index is 0.149. The van der Waals surface area contributed by atoms with Crippen molar-refractivity contribution in [3.8, 4) is 0 Å². The number of amides is 1. The van der Waals surface area contributed by atoms with Crippen LogP contribution >= 0.6 is 0 Å². The van der Waals surface area contributed by atoms with Gasteiger partial charge < -0.3 is 10.6 Å². The third-order valence-corrected chi connectivity index (χ3v) is 3.19. The minimum absolute atomic E-state index is 0.149. The van der Waals surface area contributed by atoms with Crippen LogP contribution in [0.15, 0.2) is 0 Å². The molecule has 2 N–H and O–H groups in total. The highest BCUT2D eigenvalue weighted by Gasteiger charge is 2.14. The van der Waals surface area contributed by atoms with Crippen LogP contribution in [0.25, 0.3) is 0 Å². The predicted octanol–water partition coefficient (Wildman–Crippen LogP) is 2.07. The molecule has 0 spiro atoms. The van der Waals surface area contributed by atoms with Gasteiger partial charge in [-0.1, -0.05) is 26.7 Å². The van der Waals surface area contributed by atoms with Crippen LogP contribution in [0.1, 0.15) is 52.4 Å². The van der Waals surface area contributed by atoms with Crippen LogP contribution < -0.4 is 10.6 Å². The van der Waals surface area contributed by atoms with Crippen LogP contribution in [-0.2, 0) is 4.79 Å². The summed E-state index contributed by atoms with van der Waals surface area (Å²) in [5.74, 6) is 0.879. The second kappa shape index (κ2) is 7.66. The lowest BCUT2D eigenvalue weighted by Crippen LogP contribution is -2.38. The summed E-state index contributed by atoms with van der Waals surface area (Å²) < 4.78 is 0. The van der Waals surface area contributed by atoms with Crippen LogP contribution in [0.2, 0.25) is 0 Å². The molecule has 0 unspecified atom stereocenters. The fraction of sp³-hybridized carbons (Fsp3) is 0.923. The van der Waals surface area contributed by atoms with Gasteiger partial charge in [-0.05, 0) is 31.6 Å². The third-order valence-electron chi connectivity index (χ3n) is 3.19. The standard InChI is InChI=1S/C13H26N2O/c1-11(2)6-5-9-14-13(16)10-15-12-7-3-4-8-12/h11-12,15H,3-10H2,1-2H3,(H,14,16). The largest absolute Gasteiger partial charge is 0.355 e. The van der Waals surface area contributed by atoms with Crippen molar-refractivity contribution in [2.45, 2.75) is 58.4 Å². The van der Waals surface area contributed by atoms with E-state index in [9.17, 15) is 4.79 Å². The van der Waals surface area contributed by atoms with E-state index in [1.165, 1.54) is 32.1 Å². The fourth-order valence-corrected chi connectivity index (χ4v) is 2.17. The van der Waals surface area contributed by atoms with Gasteiger partial charge in [0, 0.05) is 12.6 Å². The molecule has 0 aromatic carbocycles. The topological polar surface area (TPSA) is 41.1 Å². The zero-order valence-corrected chi connectivity index (χ0v) is 10.7. The van der Waals surface area contributed by atoms with Crippen molar-refractivity contribution in [2.24, 2.45) is 5.92 Å². The molecule has 1 saturated carbocycles. The third kappa shape index (κ3) is 6.11. The van der Waals surface area contributed by atoms with E-state index < -0.39 is 0 Å². The number of carbonyl (C=O) groups excluding carboxylic acids is 1. The molecule has 1 fully saturated rings. The molecular formula is C13H26N2O. The Balaban J connectivity index is 1.94. The highest BCUT2D eigenvalue weighted by molar-refractivity contribution is 5.77. The Bertz CT molecular complexity index is 198. The first-order valence-electron chi connectivity index (χ1n) is 6.68. The number of carbonyl (C=O) groups is 1. The number of hydrogen-bond donors (Lipinski definition) is 2. The minimum Gasteiger partial charge on any atom is -0.355 e. The monoisotopic (exact) mass is 226 g/mol. The van der Waals surface area contributed by atoms with Crippen molar-refractivity contribution in [1.29, 1.82) is 0 Å². The first kappa shape index (κ1) is 13.5. The molecule has 0 aromatic rings. The van der Waals surface area contributed by atoms with Gasteiger partial charge >= 0.3 is 0 Å². The number of hydrogen-bond acceptors (Lipinski definition) is 2. The molecule has 0 radical (unpaired) electrons. The Kier molecular flexibility index (Phi) is 6.46. The maximum atomic E-state index is 11.5. The maximum Gasteiger partial charge on any atom is 0.233 e. The van der Waals surface area contributed by atoms with Gasteiger partial charge in [0.1, 0.15) is 0 Å². The fourth-order valence-electron chi connectivity index (χ4n) is 2.17. The summed E-state index contributed by atoms with van der Waals surface area (Å²) in [7, 11) is 0. The Hall–Kier alpha value is -0.570. The second-order valence-electron chi connectivity index (χ2n) is 5.25. The molecule has 1 rings (SSSR count). The molecule has 0 aromatic heterocycles. The highest BCUT2D eigenvalue weighted by Crippen LogP contribution is 2.17. The Morgan fingerprint density at radius 3 is 2.62 bits per heavy atom. The van der Waals surface area contributed by atoms with E-state index in [-0.39, 0.29) is 5.91 Å². The summed E-state index contributed by atoms with van der Waals surface area (Å²) >= 11 is 0. The maximum absolute atomic E-state index is 11.5. The second-order valence-corrected chi connectivity index (χ2v) is 5.25. The van der Waals surface area contributed by atoms with E-state index >= 15 is 0 Å². The highest BCUT2D eigenvalue weighted by atomic mass is 16.1. The lowest BCUT2D eigenvalue weighted by Gasteiger charge is -2.12.